The van der Waals surface area contributed by atoms with E-state index in [4.69, 9.17) is 16.3 Å². The van der Waals surface area contributed by atoms with Crippen LogP contribution in [0.4, 0.5) is 10.1 Å². The first-order chi connectivity index (χ1) is 12.8. The summed E-state index contributed by atoms with van der Waals surface area (Å²) in [6, 6.07) is 12.4. The van der Waals surface area contributed by atoms with E-state index >= 15 is 0 Å². The number of esters is 1. The second-order valence-corrected chi connectivity index (χ2v) is 6.15. The lowest BCUT2D eigenvalue weighted by atomic mass is 10.1. The molecule has 0 aromatic heterocycles. The van der Waals surface area contributed by atoms with Crippen molar-refractivity contribution < 1.29 is 18.7 Å². The molecule has 0 fully saturated rings. The van der Waals surface area contributed by atoms with Crippen molar-refractivity contribution in [1.29, 1.82) is 5.26 Å². The molecule has 2 rings (SSSR count). The van der Waals surface area contributed by atoms with Crippen molar-refractivity contribution in [3.05, 3.63) is 70.0 Å². The number of amides is 1. The third-order valence-corrected chi connectivity index (χ3v) is 3.88. The highest BCUT2D eigenvalue weighted by Gasteiger charge is 2.21. The van der Waals surface area contributed by atoms with Crippen molar-refractivity contribution in [1.82, 2.24) is 0 Å². The lowest BCUT2D eigenvalue weighted by Gasteiger charge is -2.14. The molecule has 0 aliphatic rings. The Labute approximate surface area is 161 Å². The highest BCUT2D eigenvalue weighted by atomic mass is 35.5. The third-order valence-electron chi connectivity index (χ3n) is 3.57. The topological polar surface area (TPSA) is 79.2 Å². The molecular weight excluding hydrogens is 371 g/mol. The van der Waals surface area contributed by atoms with Crippen LogP contribution in [0.1, 0.15) is 18.1 Å². The molecule has 7 heteroatoms. The van der Waals surface area contributed by atoms with Gasteiger partial charge in [0.1, 0.15) is 17.5 Å². The molecule has 0 heterocycles. The van der Waals surface area contributed by atoms with Gasteiger partial charge in [-0.2, -0.15) is 5.26 Å². The molecule has 0 unspecified atom stereocenters. The second kappa shape index (κ2) is 8.97. The number of anilines is 1. The van der Waals surface area contributed by atoms with Gasteiger partial charge in [0.15, 0.2) is 6.10 Å². The van der Waals surface area contributed by atoms with Crippen LogP contribution in [0.15, 0.2) is 48.0 Å². The summed E-state index contributed by atoms with van der Waals surface area (Å²) < 4.78 is 18.1. The maximum absolute atomic E-state index is 13.0. The van der Waals surface area contributed by atoms with Gasteiger partial charge in [-0.15, -0.1) is 0 Å². The minimum atomic E-state index is -1.19. The maximum atomic E-state index is 13.0. The van der Waals surface area contributed by atoms with Crippen LogP contribution in [0.25, 0.3) is 6.08 Å². The van der Waals surface area contributed by atoms with Crippen LogP contribution >= 0.6 is 11.6 Å². The molecule has 1 amide bonds. The zero-order chi connectivity index (χ0) is 20.0. The second-order valence-electron chi connectivity index (χ2n) is 5.74. The molecule has 0 bridgehead atoms. The molecule has 5 nitrogen and oxygen atoms in total. The summed E-state index contributed by atoms with van der Waals surface area (Å²) in [5.74, 6) is -2.13. The molecule has 0 saturated heterocycles. The lowest BCUT2D eigenvalue weighted by Crippen LogP contribution is -2.30. The van der Waals surface area contributed by atoms with Crippen molar-refractivity contribution in [3.63, 3.8) is 0 Å². The van der Waals surface area contributed by atoms with Gasteiger partial charge in [0, 0.05) is 0 Å². The Morgan fingerprint density at radius 2 is 1.93 bits per heavy atom. The number of carbonyl (C=O) groups excluding carboxylic acids is 2. The molecule has 138 valence electrons. The first-order valence-corrected chi connectivity index (χ1v) is 8.33. The van der Waals surface area contributed by atoms with Gasteiger partial charge < -0.3 is 10.1 Å². The summed E-state index contributed by atoms with van der Waals surface area (Å²) in [4.78, 5) is 24.3. The third kappa shape index (κ3) is 5.66. The first-order valence-electron chi connectivity index (χ1n) is 7.95. The smallest absolute Gasteiger partial charge is 0.349 e. The zero-order valence-corrected chi connectivity index (χ0v) is 15.4. The minimum Gasteiger partial charge on any atom is -0.448 e. The molecular formula is C20H16ClFN2O3. The normalized spacial score (nSPS) is 12.0. The van der Waals surface area contributed by atoms with E-state index in [0.29, 0.717) is 5.56 Å². The summed E-state index contributed by atoms with van der Waals surface area (Å²) >= 11 is 5.84. The van der Waals surface area contributed by atoms with E-state index in [-0.39, 0.29) is 16.3 Å². The number of hydrogen-bond donors (Lipinski definition) is 1. The molecule has 2 aromatic carbocycles. The van der Waals surface area contributed by atoms with Crippen LogP contribution in [-0.4, -0.2) is 18.0 Å². The van der Waals surface area contributed by atoms with Crippen LogP contribution in [0.5, 0.6) is 0 Å². The summed E-state index contributed by atoms with van der Waals surface area (Å²) in [6.45, 7) is 3.27. The predicted molar refractivity (Wildman–Crippen MR) is 100 cm³/mol. The Kier molecular flexibility index (Phi) is 6.69. The summed E-state index contributed by atoms with van der Waals surface area (Å²) in [6.07, 6.45) is 0.192. The van der Waals surface area contributed by atoms with E-state index in [1.165, 1.54) is 19.1 Å². The molecule has 2 aromatic rings. The van der Waals surface area contributed by atoms with Crippen LogP contribution < -0.4 is 5.32 Å². The summed E-state index contributed by atoms with van der Waals surface area (Å²) in [7, 11) is 0. The molecule has 1 atom stereocenters. The highest BCUT2D eigenvalue weighted by Crippen LogP contribution is 2.22. The zero-order valence-electron chi connectivity index (χ0n) is 14.6. The predicted octanol–water partition coefficient (Wildman–Crippen LogP) is 4.26. The van der Waals surface area contributed by atoms with Gasteiger partial charge in [0.2, 0.25) is 0 Å². The Morgan fingerprint density at radius 3 is 2.52 bits per heavy atom. The lowest BCUT2D eigenvalue weighted by molar-refractivity contribution is -0.148. The Hall–Kier alpha value is -3.17. The average molecular weight is 387 g/mol. The number of carbonyl (C=O) groups is 2. The fourth-order valence-corrected chi connectivity index (χ4v) is 2.28. The number of halogens is 2. The number of nitrogens with zero attached hydrogens (tertiary/aromatic N) is 1. The molecule has 0 spiro atoms. The molecule has 0 aliphatic carbocycles. The average Bonchev–Trinajstić information content (AvgIpc) is 2.63. The van der Waals surface area contributed by atoms with Crippen molar-refractivity contribution >= 4 is 35.2 Å². The maximum Gasteiger partial charge on any atom is 0.349 e. The Bertz CT molecular complexity index is 933. The molecule has 27 heavy (non-hydrogen) atoms. The van der Waals surface area contributed by atoms with Crippen molar-refractivity contribution in [2.45, 2.75) is 20.0 Å². The number of ether oxygens (including phenoxy) is 1. The van der Waals surface area contributed by atoms with Gasteiger partial charge >= 0.3 is 5.97 Å². The van der Waals surface area contributed by atoms with Crippen molar-refractivity contribution in [3.8, 4) is 6.07 Å². The van der Waals surface area contributed by atoms with E-state index < -0.39 is 23.8 Å². The Morgan fingerprint density at radius 1 is 1.26 bits per heavy atom. The molecule has 0 aliphatic heterocycles. The quantitative estimate of drug-likeness (QED) is 0.473. The standard InChI is InChI=1S/C20H16ClFN2O3/c1-12-3-5-14(6-4-12)9-15(11-23)20(26)27-13(2)19(25)24-18-8-7-16(22)10-17(18)21/h3-10,13H,1-2H3,(H,24,25)/b15-9+/t13-/m0/s1. The van der Waals surface area contributed by atoms with E-state index in [0.717, 1.165) is 17.7 Å². The number of hydrogen-bond acceptors (Lipinski definition) is 4. The number of nitrogens with one attached hydrogen (secondary N) is 1. The van der Waals surface area contributed by atoms with Crippen LogP contribution in [0.3, 0.4) is 0 Å². The fourth-order valence-electron chi connectivity index (χ4n) is 2.07. The van der Waals surface area contributed by atoms with Gasteiger partial charge in [0.05, 0.1) is 10.7 Å². The van der Waals surface area contributed by atoms with Crippen LogP contribution in [0, 0.1) is 24.1 Å². The van der Waals surface area contributed by atoms with Gasteiger partial charge in [-0.3, -0.25) is 4.79 Å². The van der Waals surface area contributed by atoms with Crippen molar-refractivity contribution in [2.75, 3.05) is 5.32 Å². The molecule has 1 N–H and O–H groups in total. The van der Waals surface area contributed by atoms with Gasteiger partial charge in [0.25, 0.3) is 5.91 Å². The molecule has 0 radical (unpaired) electrons. The highest BCUT2D eigenvalue weighted by molar-refractivity contribution is 6.33. The van der Waals surface area contributed by atoms with Crippen LogP contribution in [-0.2, 0) is 14.3 Å². The van der Waals surface area contributed by atoms with Gasteiger partial charge in [-0.25, -0.2) is 9.18 Å². The number of benzene rings is 2. The monoisotopic (exact) mass is 386 g/mol. The van der Waals surface area contributed by atoms with E-state index in [2.05, 4.69) is 5.32 Å². The fraction of sp³-hybridized carbons (Fsp3) is 0.150. The van der Waals surface area contributed by atoms with Gasteiger partial charge in [-0.1, -0.05) is 41.4 Å². The summed E-state index contributed by atoms with van der Waals surface area (Å²) in [5.41, 5.74) is 1.64. The minimum absolute atomic E-state index is 0.0128. The summed E-state index contributed by atoms with van der Waals surface area (Å²) in [5, 5.41) is 11.6. The van der Waals surface area contributed by atoms with Gasteiger partial charge in [-0.05, 0) is 43.7 Å². The van der Waals surface area contributed by atoms with E-state index in [9.17, 15) is 19.2 Å². The van der Waals surface area contributed by atoms with Crippen molar-refractivity contribution in [2.24, 2.45) is 0 Å². The Balaban J connectivity index is 2.05. The van der Waals surface area contributed by atoms with Crippen LogP contribution in [0.2, 0.25) is 5.02 Å². The largest absolute Gasteiger partial charge is 0.448 e. The number of aryl methyl sites for hydroxylation is 1. The SMILES string of the molecule is Cc1ccc(/C=C(\C#N)C(=O)O[C@@H](C)C(=O)Nc2ccc(F)cc2Cl)cc1. The first kappa shape index (κ1) is 20.1. The molecule has 0 saturated carbocycles. The van der Waals surface area contributed by atoms with E-state index in [1.54, 1.807) is 18.2 Å². The van der Waals surface area contributed by atoms with E-state index in [1.807, 2.05) is 19.1 Å². The number of nitriles is 1. The number of rotatable bonds is 5.